The van der Waals surface area contributed by atoms with Crippen molar-refractivity contribution < 1.29 is 37.7 Å². The van der Waals surface area contributed by atoms with E-state index in [0.29, 0.717) is 6.61 Å². The van der Waals surface area contributed by atoms with Gasteiger partial charge in [0.05, 0.1) is 25.4 Å². The summed E-state index contributed by atoms with van der Waals surface area (Å²) in [5.74, 6) is -0.966. The Balaban J connectivity index is 2.14. The Bertz CT molecular complexity index is 764. The molecular weight excluding hydrogens is 425 g/mol. The monoisotopic (exact) mass is 459 g/mol. The van der Waals surface area contributed by atoms with Crippen molar-refractivity contribution in [1.29, 1.82) is 0 Å². The Morgan fingerprint density at radius 1 is 1.26 bits per heavy atom. The minimum atomic E-state index is -3.98. The lowest BCUT2D eigenvalue weighted by atomic mass is 10.1. The fraction of sp³-hybridized carbons (Fsp3) is 0.667. The third-order valence-corrected chi connectivity index (χ3v) is 5.85. The van der Waals surface area contributed by atoms with E-state index < -0.39 is 43.3 Å². The van der Waals surface area contributed by atoms with Gasteiger partial charge in [-0.3, -0.25) is 4.57 Å². The highest BCUT2D eigenvalue weighted by atomic mass is 31.2. The van der Waals surface area contributed by atoms with Crippen molar-refractivity contribution in [1.82, 2.24) is 5.32 Å². The standard InChI is InChI=1S/C21H34NO8P/c1-20(2,3)30-19(23)22-16(14-31(24,25)26-6)18-17(28-21(4,5)29-18)13-27-12-15-10-8-7-9-11-15/h7-11,16-18H,12-14H2,1-6H3,(H,22,23)(H,24,25)/t16-,17+,18+/m1/s1. The van der Waals surface area contributed by atoms with E-state index in [1.807, 2.05) is 30.3 Å². The van der Waals surface area contributed by atoms with Crippen LogP contribution in [-0.2, 0) is 34.6 Å². The Labute approximate surface area is 183 Å². The van der Waals surface area contributed by atoms with E-state index in [9.17, 15) is 14.3 Å². The van der Waals surface area contributed by atoms with Gasteiger partial charge in [0.1, 0.15) is 17.8 Å². The summed E-state index contributed by atoms with van der Waals surface area (Å²) in [5.41, 5.74) is 0.267. The van der Waals surface area contributed by atoms with Crippen LogP contribution in [0.5, 0.6) is 0 Å². The number of hydrogen-bond acceptors (Lipinski definition) is 7. The molecule has 1 aliphatic rings. The highest BCUT2D eigenvalue weighted by Gasteiger charge is 2.47. The van der Waals surface area contributed by atoms with E-state index in [4.69, 9.17) is 23.5 Å². The first kappa shape index (κ1) is 25.8. The predicted octanol–water partition coefficient (Wildman–Crippen LogP) is 3.45. The second kappa shape index (κ2) is 10.4. The lowest BCUT2D eigenvalue weighted by Gasteiger charge is -2.29. The van der Waals surface area contributed by atoms with Gasteiger partial charge >= 0.3 is 13.7 Å². The van der Waals surface area contributed by atoms with E-state index in [0.717, 1.165) is 12.7 Å². The van der Waals surface area contributed by atoms with Crippen molar-refractivity contribution in [2.24, 2.45) is 0 Å². The van der Waals surface area contributed by atoms with Gasteiger partial charge < -0.3 is 33.7 Å². The molecule has 1 unspecified atom stereocenters. The molecule has 1 amide bonds. The van der Waals surface area contributed by atoms with Crippen LogP contribution in [-0.4, -0.2) is 60.5 Å². The molecule has 1 fully saturated rings. The number of ether oxygens (including phenoxy) is 4. The van der Waals surface area contributed by atoms with Gasteiger partial charge in [-0.25, -0.2) is 4.79 Å². The number of carbonyl (C=O) groups excluding carboxylic acids is 1. The van der Waals surface area contributed by atoms with E-state index in [2.05, 4.69) is 5.32 Å². The van der Waals surface area contributed by atoms with Crippen LogP contribution >= 0.6 is 7.60 Å². The van der Waals surface area contributed by atoms with Crippen molar-refractivity contribution in [2.75, 3.05) is 19.9 Å². The second-order valence-corrected chi connectivity index (χ2v) is 10.9. The fourth-order valence-corrected chi connectivity index (χ4v) is 4.16. The van der Waals surface area contributed by atoms with Gasteiger partial charge in [0.25, 0.3) is 0 Å². The first-order chi connectivity index (χ1) is 14.3. The Morgan fingerprint density at radius 2 is 1.90 bits per heavy atom. The number of nitrogens with one attached hydrogen (secondary N) is 1. The summed E-state index contributed by atoms with van der Waals surface area (Å²) >= 11 is 0. The molecule has 4 atom stereocenters. The lowest BCUT2D eigenvalue weighted by molar-refractivity contribution is -0.152. The molecule has 0 saturated carbocycles. The molecule has 2 N–H and O–H groups in total. The van der Waals surface area contributed by atoms with Crippen molar-refractivity contribution in [2.45, 2.75) is 70.9 Å². The quantitative estimate of drug-likeness (QED) is 0.540. The maximum atomic E-state index is 12.4. The third kappa shape index (κ3) is 8.88. The summed E-state index contributed by atoms with van der Waals surface area (Å²) in [5, 5.41) is 2.65. The molecule has 0 bridgehead atoms. The maximum absolute atomic E-state index is 12.4. The summed E-state index contributed by atoms with van der Waals surface area (Å²) in [6, 6.07) is 8.75. The molecule has 0 aliphatic carbocycles. The second-order valence-electron chi connectivity index (χ2n) is 8.89. The smallest absolute Gasteiger partial charge is 0.407 e. The first-order valence-electron chi connectivity index (χ1n) is 10.1. The largest absolute Gasteiger partial charge is 0.444 e. The molecule has 1 aromatic carbocycles. The molecule has 0 radical (unpaired) electrons. The third-order valence-electron chi connectivity index (χ3n) is 4.43. The Kier molecular flexibility index (Phi) is 8.67. The van der Waals surface area contributed by atoms with Crippen LogP contribution in [0.15, 0.2) is 30.3 Å². The molecule has 1 saturated heterocycles. The molecule has 31 heavy (non-hydrogen) atoms. The zero-order chi connectivity index (χ0) is 23.3. The molecule has 0 spiro atoms. The van der Waals surface area contributed by atoms with Gasteiger partial charge in [-0.2, -0.15) is 0 Å². The van der Waals surface area contributed by atoms with Gasteiger partial charge in [0, 0.05) is 7.11 Å². The van der Waals surface area contributed by atoms with Crippen molar-refractivity contribution in [3.05, 3.63) is 35.9 Å². The number of carbonyl (C=O) groups is 1. The SMILES string of the molecule is COP(=O)(O)C[C@@H](NC(=O)OC(C)(C)C)[C@@H]1OC(C)(C)O[C@H]1COCc1ccccc1. The fourth-order valence-electron chi connectivity index (χ4n) is 3.21. The van der Waals surface area contributed by atoms with Crippen LogP contribution in [0.4, 0.5) is 4.79 Å². The maximum Gasteiger partial charge on any atom is 0.407 e. The normalized spacial score (nSPS) is 23.7. The molecule has 0 aromatic heterocycles. The lowest BCUT2D eigenvalue weighted by Crippen LogP contribution is -2.51. The summed E-state index contributed by atoms with van der Waals surface area (Å²) in [4.78, 5) is 22.4. The minimum absolute atomic E-state index is 0.165. The Hall–Kier alpha value is -1.48. The zero-order valence-corrected chi connectivity index (χ0v) is 19.9. The molecule has 2 rings (SSSR count). The predicted molar refractivity (Wildman–Crippen MR) is 115 cm³/mol. The summed E-state index contributed by atoms with van der Waals surface area (Å²) < 4.78 is 40.1. The number of benzene rings is 1. The minimum Gasteiger partial charge on any atom is -0.444 e. The molecule has 1 heterocycles. The number of alkyl carbamates (subject to hydrolysis) is 1. The first-order valence-corrected chi connectivity index (χ1v) is 11.9. The highest BCUT2D eigenvalue weighted by Crippen LogP contribution is 2.43. The Morgan fingerprint density at radius 3 is 2.48 bits per heavy atom. The van der Waals surface area contributed by atoms with Crippen LogP contribution in [0, 0.1) is 0 Å². The van der Waals surface area contributed by atoms with Gasteiger partial charge in [0.15, 0.2) is 5.79 Å². The van der Waals surface area contributed by atoms with Gasteiger partial charge in [-0.15, -0.1) is 0 Å². The van der Waals surface area contributed by atoms with E-state index in [1.165, 1.54) is 0 Å². The summed E-state index contributed by atoms with van der Waals surface area (Å²) in [7, 11) is -2.84. The molecule has 10 heteroatoms. The number of amides is 1. The summed E-state index contributed by atoms with van der Waals surface area (Å²) in [6.07, 6.45) is -2.45. The van der Waals surface area contributed by atoms with Crippen molar-refractivity contribution in [3.8, 4) is 0 Å². The molecule has 1 aliphatic heterocycles. The van der Waals surface area contributed by atoms with Crippen LogP contribution < -0.4 is 5.32 Å². The van der Waals surface area contributed by atoms with Crippen molar-refractivity contribution in [3.63, 3.8) is 0 Å². The highest BCUT2D eigenvalue weighted by molar-refractivity contribution is 7.52. The van der Waals surface area contributed by atoms with E-state index >= 15 is 0 Å². The molecular formula is C21H34NO8P. The molecule has 1 aromatic rings. The average molecular weight is 459 g/mol. The van der Waals surface area contributed by atoms with E-state index in [1.54, 1.807) is 34.6 Å². The van der Waals surface area contributed by atoms with E-state index in [-0.39, 0.29) is 12.8 Å². The van der Waals surface area contributed by atoms with Gasteiger partial charge in [0.2, 0.25) is 0 Å². The van der Waals surface area contributed by atoms with Crippen LogP contribution in [0.3, 0.4) is 0 Å². The topological polar surface area (TPSA) is 113 Å². The van der Waals surface area contributed by atoms with Gasteiger partial charge in [-0.05, 0) is 40.2 Å². The van der Waals surface area contributed by atoms with Crippen LogP contribution in [0.25, 0.3) is 0 Å². The average Bonchev–Trinajstić information content (AvgIpc) is 2.95. The van der Waals surface area contributed by atoms with Crippen LogP contribution in [0.1, 0.15) is 40.2 Å². The molecule has 9 nitrogen and oxygen atoms in total. The number of hydrogen-bond donors (Lipinski definition) is 2. The summed E-state index contributed by atoms with van der Waals surface area (Å²) in [6.45, 7) is 9.19. The van der Waals surface area contributed by atoms with Crippen molar-refractivity contribution >= 4 is 13.7 Å². The van der Waals surface area contributed by atoms with Gasteiger partial charge in [-0.1, -0.05) is 30.3 Å². The van der Waals surface area contributed by atoms with Crippen LogP contribution in [0.2, 0.25) is 0 Å². The zero-order valence-electron chi connectivity index (χ0n) is 19.0. The number of rotatable bonds is 9. The molecule has 176 valence electrons.